The Labute approximate surface area is 193 Å². The van der Waals surface area contributed by atoms with Crippen LogP contribution in [0.25, 0.3) is 33.3 Å². The second-order valence-electron chi connectivity index (χ2n) is 8.08. The Morgan fingerprint density at radius 3 is 2.67 bits per heavy atom. The zero-order valence-electron chi connectivity index (χ0n) is 19.2. The highest BCUT2D eigenvalue weighted by Gasteiger charge is 2.13. The lowest BCUT2D eigenvalue weighted by Crippen LogP contribution is -2.21. The van der Waals surface area contributed by atoms with Crippen LogP contribution in [0.2, 0.25) is 0 Å². The molecule has 0 radical (unpaired) electrons. The van der Waals surface area contributed by atoms with E-state index in [9.17, 15) is 4.79 Å². The second-order valence-corrected chi connectivity index (χ2v) is 8.08. The SMILES string of the molecule is CCN(CC)c1ccc2nc(-c3cccc4cc(OCCCCCC(=O)O)ccc34)oc2c1. The average Bonchev–Trinajstić information content (AvgIpc) is 3.25. The number of ether oxygens (including phenoxy) is 1. The summed E-state index contributed by atoms with van der Waals surface area (Å²) in [5.41, 5.74) is 3.72. The molecule has 3 aromatic carbocycles. The number of oxazole rings is 1. The lowest BCUT2D eigenvalue weighted by molar-refractivity contribution is -0.137. The number of carboxylic acids is 1. The standard InChI is InChI=1S/C27H30N2O4/c1-3-29(4-2)20-12-15-24-25(18-20)33-27(28-24)23-10-8-9-19-17-21(13-14-22(19)23)32-16-7-5-6-11-26(30)31/h8-10,12-15,17-18H,3-7,11,16H2,1-2H3,(H,30,31). The number of hydrogen-bond acceptors (Lipinski definition) is 5. The predicted octanol–water partition coefficient (Wildman–Crippen LogP) is 6.52. The van der Waals surface area contributed by atoms with Crippen LogP contribution in [-0.4, -0.2) is 35.8 Å². The summed E-state index contributed by atoms with van der Waals surface area (Å²) in [6, 6.07) is 18.3. The molecule has 33 heavy (non-hydrogen) atoms. The second kappa shape index (κ2) is 10.4. The van der Waals surface area contributed by atoms with Gasteiger partial charge in [-0.15, -0.1) is 0 Å². The first-order valence-corrected chi connectivity index (χ1v) is 11.6. The fraction of sp³-hybridized carbons (Fsp3) is 0.333. The van der Waals surface area contributed by atoms with Crippen LogP contribution < -0.4 is 9.64 Å². The Bertz CT molecular complexity index is 1240. The summed E-state index contributed by atoms with van der Waals surface area (Å²) in [4.78, 5) is 17.6. The van der Waals surface area contributed by atoms with Crippen LogP contribution >= 0.6 is 0 Å². The monoisotopic (exact) mass is 446 g/mol. The number of carbonyl (C=O) groups is 1. The van der Waals surface area contributed by atoms with E-state index in [0.717, 1.165) is 64.8 Å². The fourth-order valence-electron chi connectivity index (χ4n) is 4.10. The maximum Gasteiger partial charge on any atom is 0.303 e. The highest BCUT2D eigenvalue weighted by atomic mass is 16.5. The normalized spacial score (nSPS) is 11.2. The average molecular weight is 447 g/mol. The van der Waals surface area contributed by atoms with Crippen LogP contribution in [-0.2, 0) is 4.79 Å². The van der Waals surface area contributed by atoms with E-state index in [1.807, 2.05) is 36.4 Å². The van der Waals surface area contributed by atoms with Gasteiger partial charge in [-0.25, -0.2) is 4.98 Å². The van der Waals surface area contributed by atoms with Gasteiger partial charge in [0.2, 0.25) is 5.89 Å². The Kier molecular flexibility index (Phi) is 7.13. The van der Waals surface area contributed by atoms with Gasteiger partial charge in [0.05, 0.1) is 6.61 Å². The first-order valence-electron chi connectivity index (χ1n) is 11.6. The molecule has 4 rings (SSSR count). The lowest BCUT2D eigenvalue weighted by Gasteiger charge is -2.20. The van der Waals surface area contributed by atoms with Crippen molar-refractivity contribution in [1.29, 1.82) is 0 Å². The third kappa shape index (κ3) is 5.28. The molecule has 0 saturated heterocycles. The number of anilines is 1. The minimum Gasteiger partial charge on any atom is -0.494 e. The number of hydrogen-bond donors (Lipinski definition) is 1. The van der Waals surface area contributed by atoms with Gasteiger partial charge in [-0.2, -0.15) is 0 Å². The minimum atomic E-state index is -0.746. The molecule has 0 bridgehead atoms. The molecule has 0 atom stereocenters. The first-order chi connectivity index (χ1) is 16.1. The molecular formula is C27H30N2O4. The van der Waals surface area contributed by atoms with E-state index in [-0.39, 0.29) is 6.42 Å². The highest BCUT2D eigenvalue weighted by Crippen LogP contribution is 2.33. The molecule has 0 unspecified atom stereocenters. The van der Waals surface area contributed by atoms with Gasteiger partial charge < -0.3 is 19.2 Å². The molecule has 0 saturated carbocycles. The molecular weight excluding hydrogens is 416 g/mol. The van der Waals surface area contributed by atoms with Gasteiger partial charge in [-0.05, 0) is 80.3 Å². The molecule has 4 aromatic rings. The zero-order valence-corrected chi connectivity index (χ0v) is 19.2. The molecule has 0 aliphatic rings. The van der Waals surface area contributed by atoms with Crippen LogP contribution in [0.5, 0.6) is 5.75 Å². The van der Waals surface area contributed by atoms with Gasteiger partial charge in [0.15, 0.2) is 5.58 Å². The number of fused-ring (bicyclic) bond motifs is 2. The number of aliphatic carboxylic acids is 1. The summed E-state index contributed by atoms with van der Waals surface area (Å²) < 4.78 is 12.1. The van der Waals surface area contributed by atoms with Crippen LogP contribution in [0.4, 0.5) is 5.69 Å². The van der Waals surface area contributed by atoms with Crippen molar-refractivity contribution in [2.75, 3.05) is 24.6 Å². The molecule has 172 valence electrons. The predicted molar refractivity (Wildman–Crippen MR) is 132 cm³/mol. The smallest absolute Gasteiger partial charge is 0.303 e. The zero-order chi connectivity index (χ0) is 23.2. The third-order valence-electron chi connectivity index (χ3n) is 5.89. The number of unbranched alkanes of at least 4 members (excludes halogenated alkanes) is 2. The molecule has 0 amide bonds. The first kappa shape index (κ1) is 22.6. The Balaban J connectivity index is 1.52. The molecule has 6 heteroatoms. The maximum atomic E-state index is 10.6. The summed E-state index contributed by atoms with van der Waals surface area (Å²) in [7, 11) is 0. The van der Waals surface area contributed by atoms with Gasteiger partial charge in [-0.1, -0.05) is 12.1 Å². The van der Waals surface area contributed by atoms with E-state index in [2.05, 4.69) is 36.9 Å². The minimum absolute atomic E-state index is 0.214. The number of carboxylic acid groups (broad SMARTS) is 1. The van der Waals surface area contributed by atoms with Crippen LogP contribution in [0.1, 0.15) is 39.5 Å². The quantitative estimate of drug-likeness (QED) is 0.264. The summed E-state index contributed by atoms with van der Waals surface area (Å²) >= 11 is 0. The number of benzene rings is 3. The van der Waals surface area contributed by atoms with Crippen LogP contribution in [0.3, 0.4) is 0 Å². The summed E-state index contributed by atoms with van der Waals surface area (Å²) in [6.45, 7) is 6.75. The maximum absolute atomic E-state index is 10.6. The van der Waals surface area contributed by atoms with E-state index in [1.54, 1.807) is 0 Å². The van der Waals surface area contributed by atoms with Crippen molar-refractivity contribution in [2.45, 2.75) is 39.5 Å². The van der Waals surface area contributed by atoms with Crippen molar-refractivity contribution < 1.29 is 19.1 Å². The number of nitrogens with zero attached hydrogens (tertiary/aromatic N) is 2. The van der Waals surface area contributed by atoms with Crippen molar-refractivity contribution in [2.24, 2.45) is 0 Å². The molecule has 0 spiro atoms. The summed E-state index contributed by atoms with van der Waals surface area (Å²) in [5, 5.41) is 10.8. The van der Waals surface area contributed by atoms with E-state index in [0.29, 0.717) is 18.9 Å². The Hall–Kier alpha value is -3.54. The largest absolute Gasteiger partial charge is 0.494 e. The highest BCUT2D eigenvalue weighted by molar-refractivity contribution is 5.96. The van der Waals surface area contributed by atoms with E-state index in [1.165, 1.54) is 0 Å². The molecule has 1 N–H and O–H groups in total. The van der Waals surface area contributed by atoms with Gasteiger partial charge in [0.25, 0.3) is 0 Å². The van der Waals surface area contributed by atoms with Crippen molar-refractivity contribution >= 4 is 33.5 Å². The van der Waals surface area contributed by atoms with Crippen molar-refractivity contribution in [3.05, 3.63) is 54.6 Å². The van der Waals surface area contributed by atoms with E-state index in [4.69, 9.17) is 19.2 Å². The molecule has 6 nitrogen and oxygen atoms in total. The molecule has 0 fully saturated rings. The molecule has 1 heterocycles. The number of aromatic nitrogens is 1. The van der Waals surface area contributed by atoms with Crippen LogP contribution in [0.15, 0.2) is 59.0 Å². The Morgan fingerprint density at radius 1 is 1.03 bits per heavy atom. The van der Waals surface area contributed by atoms with Gasteiger partial charge in [0, 0.05) is 36.8 Å². The fourth-order valence-corrected chi connectivity index (χ4v) is 4.10. The topological polar surface area (TPSA) is 75.8 Å². The molecule has 1 aromatic heterocycles. The van der Waals surface area contributed by atoms with Gasteiger partial charge >= 0.3 is 5.97 Å². The molecule has 0 aliphatic carbocycles. The van der Waals surface area contributed by atoms with Crippen molar-refractivity contribution in [3.8, 4) is 17.2 Å². The van der Waals surface area contributed by atoms with Gasteiger partial charge in [-0.3, -0.25) is 4.79 Å². The summed E-state index contributed by atoms with van der Waals surface area (Å²) in [5.74, 6) is 0.670. The van der Waals surface area contributed by atoms with Crippen molar-refractivity contribution in [3.63, 3.8) is 0 Å². The molecule has 0 aliphatic heterocycles. The third-order valence-corrected chi connectivity index (χ3v) is 5.89. The lowest BCUT2D eigenvalue weighted by atomic mass is 10.0. The Morgan fingerprint density at radius 2 is 1.88 bits per heavy atom. The van der Waals surface area contributed by atoms with Crippen molar-refractivity contribution in [1.82, 2.24) is 4.98 Å². The summed E-state index contributed by atoms with van der Waals surface area (Å²) in [6.07, 6.45) is 2.58. The number of rotatable bonds is 11. The van der Waals surface area contributed by atoms with E-state index < -0.39 is 5.97 Å². The van der Waals surface area contributed by atoms with Crippen LogP contribution in [0, 0.1) is 0 Å². The van der Waals surface area contributed by atoms with Gasteiger partial charge in [0.1, 0.15) is 11.3 Å². The van der Waals surface area contributed by atoms with E-state index >= 15 is 0 Å².